The third-order valence-corrected chi connectivity index (χ3v) is 4.53. The smallest absolute Gasteiger partial charge is 0.257 e. The van der Waals surface area contributed by atoms with Gasteiger partial charge in [-0.1, -0.05) is 31.0 Å². The summed E-state index contributed by atoms with van der Waals surface area (Å²) in [6.07, 6.45) is 6.90. The molecular weight excluding hydrogens is 318 g/mol. The molecule has 0 saturated carbocycles. The molecule has 0 aliphatic carbocycles. The van der Waals surface area contributed by atoms with Gasteiger partial charge in [0.1, 0.15) is 12.3 Å². The lowest BCUT2D eigenvalue weighted by Gasteiger charge is -2.27. The maximum absolute atomic E-state index is 12.9. The summed E-state index contributed by atoms with van der Waals surface area (Å²) < 4.78 is 11.0. The lowest BCUT2D eigenvalue weighted by molar-refractivity contribution is 0.0652. The molecule has 25 heavy (non-hydrogen) atoms. The second kappa shape index (κ2) is 6.93. The van der Waals surface area contributed by atoms with Crippen LogP contribution in [-0.4, -0.2) is 27.5 Å². The van der Waals surface area contributed by atoms with Gasteiger partial charge in [0.25, 0.3) is 5.91 Å². The maximum atomic E-state index is 12.9. The SMILES string of the molecule is O=C(c1ccoc1)N1CCCCCC1c1nnc(-c2ccccc2)o1. The summed E-state index contributed by atoms with van der Waals surface area (Å²) in [5, 5.41) is 8.41. The molecule has 128 valence electrons. The van der Waals surface area contributed by atoms with Gasteiger partial charge in [0.15, 0.2) is 0 Å². The van der Waals surface area contributed by atoms with Crippen molar-refractivity contribution in [1.29, 1.82) is 0 Å². The van der Waals surface area contributed by atoms with Crippen LogP contribution in [0.15, 0.2) is 57.8 Å². The predicted molar refractivity (Wildman–Crippen MR) is 90.7 cm³/mol. The number of nitrogens with zero attached hydrogens (tertiary/aromatic N) is 3. The molecule has 6 nitrogen and oxygen atoms in total. The van der Waals surface area contributed by atoms with Crippen LogP contribution in [0.3, 0.4) is 0 Å². The van der Waals surface area contributed by atoms with Gasteiger partial charge in [-0.05, 0) is 31.0 Å². The largest absolute Gasteiger partial charge is 0.472 e. The van der Waals surface area contributed by atoms with E-state index in [0.29, 0.717) is 23.9 Å². The Bertz CT molecular complexity index is 827. The molecule has 1 aromatic carbocycles. The van der Waals surface area contributed by atoms with E-state index in [1.54, 1.807) is 6.07 Å². The predicted octanol–water partition coefficient (Wildman–Crippen LogP) is 4.09. The maximum Gasteiger partial charge on any atom is 0.257 e. The van der Waals surface area contributed by atoms with E-state index in [1.807, 2.05) is 35.2 Å². The summed E-state index contributed by atoms with van der Waals surface area (Å²) >= 11 is 0. The van der Waals surface area contributed by atoms with E-state index < -0.39 is 0 Å². The van der Waals surface area contributed by atoms with E-state index in [-0.39, 0.29) is 11.9 Å². The zero-order valence-corrected chi connectivity index (χ0v) is 13.8. The van der Waals surface area contributed by atoms with Crippen molar-refractivity contribution in [3.63, 3.8) is 0 Å². The van der Waals surface area contributed by atoms with Gasteiger partial charge in [0.05, 0.1) is 11.8 Å². The number of carbonyl (C=O) groups excluding carboxylic acids is 1. The van der Waals surface area contributed by atoms with Gasteiger partial charge in [0, 0.05) is 12.1 Å². The van der Waals surface area contributed by atoms with Crippen molar-refractivity contribution in [2.75, 3.05) is 6.54 Å². The molecule has 0 bridgehead atoms. The molecule has 1 aliphatic rings. The summed E-state index contributed by atoms with van der Waals surface area (Å²) in [7, 11) is 0. The molecule has 1 fully saturated rings. The fraction of sp³-hybridized carbons (Fsp3) is 0.316. The first-order valence-corrected chi connectivity index (χ1v) is 8.55. The third kappa shape index (κ3) is 3.20. The van der Waals surface area contributed by atoms with E-state index in [2.05, 4.69) is 10.2 Å². The summed E-state index contributed by atoms with van der Waals surface area (Å²) in [6.45, 7) is 0.678. The first-order valence-electron chi connectivity index (χ1n) is 8.55. The van der Waals surface area contributed by atoms with Crippen LogP contribution in [0.2, 0.25) is 0 Å². The molecule has 3 heterocycles. The van der Waals surface area contributed by atoms with Crippen LogP contribution < -0.4 is 0 Å². The van der Waals surface area contributed by atoms with E-state index in [1.165, 1.54) is 12.5 Å². The van der Waals surface area contributed by atoms with Crippen LogP contribution >= 0.6 is 0 Å². The lowest BCUT2D eigenvalue weighted by Crippen LogP contribution is -2.34. The number of hydrogen-bond acceptors (Lipinski definition) is 5. The fourth-order valence-electron chi connectivity index (χ4n) is 3.23. The number of rotatable bonds is 3. The van der Waals surface area contributed by atoms with Crippen LogP contribution in [0, 0.1) is 0 Å². The Morgan fingerprint density at radius 2 is 1.96 bits per heavy atom. The zero-order valence-electron chi connectivity index (χ0n) is 13.8. The number of amides is 1. The van der Waals surface area contributed by atoms with Crippen molar-refractivity contribution in [3.8, 4) is 11.5 Å². The third-order valence-electron chi connectivity index (χ3n) is 4.53. The first kappa shape index (κ1) is 15.6. The molecule has 0 N–H and O–H groups in total. The highest BCUT2D eigenvalue weighted by Gasteiger charge is 2.31. The van der Waals surface area contributed by atoms with Crippen LogP contribution in [0.5, 0.6) is 0 Å². The second-order valence-electron chi connectivity index (χ2n) is 6.19. The van der Waals surface area contributed by atoms with Gasteiger partial charge in [-0.25, -0.2) is 0 Å². The van der Waals surface area contributed by atoms with Crippen LogP contribution in [-0.2, 0) is 0 Å². The number of hydrogen-bond donors (Lipinski definition) is 0. The average molecular weight is 337 g/mol. The summed E-state index contributed by atoms with van der Waals surface area (Å²) in [5.41, 5.74) is 1.43. The lowest BCUT2D eigenvalue weighted by atomic mass is 10.1. The molecule has 3 aromatic rings. The second-order valence-corrected chi connectivity index (χ2v) is 6.19. The molecule has 1 saturated heterocycles. The monoisotopic (exact) mass is 337 g/mol. The zero-order chi connectivity index (χ0) is 17.1. The molecule has 6 heteroatoms. The van der Waals surface area contributed by atoms with Crippen LogP contribution in [0.1, 0.15) is 48.0 Å². The molecule has 1 unspecified atom stereocenters. The number of furan rings is 1. The summed E-state index contributed by atoms with van der Waals surface area (Å²) in [5.74, 6) is 0.924. The van der Waals surface area contributed by atoms with Crippen molar-refractivity contribution in [1.82, 2.24) is 15.1 Å². The van der Waals surface area contributed by atoms with E-state index in [9.17, 15) is 4.79 Å². The molecule has 4 rings (SSSR count). The van der Waals surface area contributed by atoms with E-state index in [0.717, 1.165) is 31.2 Å². The number of benzene rings is 1. The van der Waals surface area contributed by atoms with Gasteiger partial charge in [0.2, 0.25) is 11.8 Å². The van der Waals surface area contributed by atoms with Gasteiger partial charge >= 0.3 is 0 Å². The Balaban J connectivity index is 1.64. The van der Waals surface area contributed by atoms with Gasteiger partial charge in [-0.3, -0.25) is 4.79 Å². The highest BCUT2D eigenvalue weighted by molar-refractivity contribution is 5.94. The molecule has 1 amide bonds. The molecule has 1 atom stereocenters. The standard InChI is InChI=1S/C19H19N3O3/c23-19(15-10-12-24-13-15)22-11-6-2-5-9-16(22)18-21-20-17(25-18)14-7-3-1-4-8-14/h1,3-4,7-8,10,12-13,16H,2,5-6,9,11H2. The van der Waals surface area contributed by atoms with E-state index in [4.69, 9.17) is 8.83 Å². The molecule has 0 radical (unpaired) electrons. The van der Waals surface area contributed by atoms with Gasteiger partial charge in [-0.15, -0.1) is 10.2 Å². The minimum atomic E-state index is -0.199. The Hall–Kier alpha value is -2.89. The van der Waals surface area contributed by atoms with Crippen molar-refractivity contribution in [3.05, 3.63) is 60.4 Å². The number of aromatic nitrogens is 2. The summed E-state index contributed by atoms with van der Waals surface area (Å²) in [6, 6.07) is 11.1. The molecule has 2 aromatic heterocycles. The Labute approximate surface area is 145 Å². The molecule has 0 spiro atoms. The minimum absolute atomic E-state index is 0.0555. The highest BCUT2D eigenvalue weighted by atomic mass is 16.4. The normalized spacial score (nSPS) is 18.1. The van der Waals surface area contributed by atoms with Crippen molar-refractivity contribution >= 4 is 5.91 Å². The minimum Gasteiger partial charge on any atom is -0.472 e. The molecular formula is C19H19N3O3. The Morgan fingerprint density at radius 3 is 2.76 bits per heavy atom. The summed E-state index contributed by atoms with van der Waals surface area (Å²) in [4.78, 5) is 14.7. The topological polar surface area (TPSA) is 72.4 Å². The quantitative estimate of drug-likeness (QED) is 0.720. The fourth-order valence-corrected chi connectivity index (χ4v) is 3.23. The molecule has 1 aliphatic heterocycles. The average Bonchev–Trinajstić information content (AvgIpc) is 3.30. The van der Waals surface area contributed by atoms with Crippen molar-refractivity contribution in [2.24, 2.45) is 0 Å². The Kier molecular flexibility index (Phi) is 4.33. The highest BCUT2D eigenvalue weighted by Crippen LogP contribution is 2.32. The van der Waals surface area contributed by atoms with Gasteiger partial charge in [-0.2, -0.15) is 0 Å². The van der Waals surface area contributed by atoms with Crippen LogP contribution in [0.4, 0.5) is 0 Å². The first-order chi connectivity index (χ1) is 12.3. The van der Waals surface area contributed by atoms with Crippen molar-refractivity contribution < 1.29 is 13.6 Å². The van der Waals surface area contributed by atoms with Crippen molar-refractivity contribution in [2.45, 2.75) is 31.7 Å². The van der Waals surface area contributed by atoms with Crippen LogP contribution in [0.25, 0.3) is 11.5 Å². The number of likely N-dealkylation sites (tertiary alicyclic amines) is 1. The number of carbonyl (C=O) groups is 1. The van der Waals surface area contributed by atoms with E-state index >= 15 is 0 Å². The Morgan fingerprint density at radius 1 is 1.08 bits per heavy atom. The van der Waals surface area contributed by atoms with Gasteiger partial charge < -0.3 is 13.7 Å².